The summed E-state index contributed by atoms with van der Waals surface area (Å²) in [7, 11) is -2.34. The monoisotopic (exact) mass is 574 g/mol. The second kappa shape index (κ2) is 15.0. The highest BCUT2D eigenvalue weighted by atomic mass is 32.3. The van der Waals surface area contributed by atoms with Crippen molar-refractivity contribution in [3.05, 3.63) is 45.4 Å². The van der Waals surface area contributed by atoms with Gasteiger partial charge in [-0.25, -0.2) is 24.4 Å². The number of hydrogen-bond acceptors (Lipinski definition) is 13. The molecule has 2 unspecified atom stereocenters. The SMILES string of the molecule is [C-]#[N+]C(C#N)=c1cc(OCC(COS(=O)(=O)O)OC)c(=C(C#N)[N+]#[C-])cc1OCC(COS(O)(O)O)OC. The lowest BCUT2D eigenvalue weighted by Gasteiger charge is -2.22. The van der Waals surface area contributed by atoms with Crippen LogP contribution < -0.4 is 19.9 Å². The van der Waals surface area contributed by atoms with Crippen molar-refractivity contribution in [3.63, 3.8) is 0 Å². The minimum Gasteiger partial charge on any atom is -0.492 e. The molecule has 18 heteroatoms. The van der Waals surface area contributed by atoms with Gasteiger partial charge >= 0.3 is 10.4 Å². The predicted molar refractivity (Wildman–Crippen MR) is 128 cm³/mol. The Morgan fingerprint density at radius 2 is 1.24 bits per heavy atom. The molecule has 0 heterocycles. The smallest absolute Gasteiger partial charge is 0.397 e. The van der Waals surface area contributed by atoms with E-state index in [0.29, 0.717) is 0 Å². The molecular formula is C20H22N4O12S2. The van der Waals surface area contributed by atoms with E-state index in [-0.39, 0.29) is 28.5 Å². The van der Waals surface area contributed by atoms with Crippen LogP contribution in [0.4, 0.5) is 0 Å². The van der Waals surface area contributed by atoms with E-state index in [1.165, 1.54) is 14.2 Å². The van der Waals surface area contributed by atoms with E-state index in [0.717, 1.165) is 12.1 Å². The first-order chi connectivity index (χ1) is 17.8. The molecule has 0 radical (unpaired) electrons. The fourth-order valence-electron chi connectivity index (χ4n) is 2.52. The predicted octanol–water partition coefficient (Wildman–Crippen LogP) is 0.551. The first-order valence-electron chi connectivity index (χ1n) is 9.88. The minimum absolute atomic E-state index is 0.117. The summed E-state index contributed by atoms with van der Waals surface area (Å²) in [6.45, 7) is 12.6. The molecule has 0 saturated heterocycles. The molecule has 0 aromatic heterocycles. The lowest BCUT2D eigenvalue weighted by molar-refractivity contribution is 0.0164. The topological polar surface area (TPSA) is 227 Å². The number of hydrogen-bond donors (Lipinski definition) is 4. The van der Waals surface area contributed by atoms with Gasteiger partial charge in [0.2, 0.25) is 11.2 Å². The molecule has 1 aromatic carbocycles. The van der Waals surface area contributed by atoms with Crippen LogP contribution in [0.25, 0.3) is 21.1 Å². The third-order valence-electron chi connectivity index (χ3n) is 4.36. The second-order valence-electron chi connectivity index (χ2n) is 6.79. The summed E-state index contributed by atoms with van der Waals surface area (Å²) < 4.78 is 87.3. The van der Waals surface area contributed by atoms with Crippen molar-refractivity contribution in [2.45, 2.75) is 12.2 Å². The van der Waals surface area contributed by atoms with Gasteiger partial charge in [-0.15, -0.1) is 0 Å². The van der Waals surface area contributed by atoms with E-state index in [1.807, 2.05) is 0 Å². The van der Waals surface area contributed by atoms with Crippen LogP contribution in [0.2, 0.25) is 0 Å². The molecule has 0 aliphatic heterocycles. The van der Waals surface area contributed by atoms with Crippen molar-refractivity contribution in [2.75, 3.05) is 40.6 Å². The van der Waals surface area contributed by atoms with E-state index in [2.05, 4.69) is 18.1 Å². The molecule has 0 aliphatic carbocycles. The number of rotatable bonds is 14. The lowest BCUT2D eigenvalue weighted by atomic mass is 10.1. The van der Waals surface area contributed by atoms with E-state index < -0.39 is 65.0 Å². The number of ether oxygens (including phenoxy) is 4. The van der Waals surface area contributed by atoms with Crippen molar-refractivity contribution in [1.82, 2.24) is 0 Å². The van der Waals surface area contributed by atoms with Gasteiger partial charge in [0.05, 0.1) is 38.5 Å². The Kier molecular flexibility index (Phi) is 12.9. The van der Waals surface area contributed by atoms with Crippen LogP contribution in [0.1, 0.15) is 0 Å². The second-order valence-corrected chi connectivity index (χ2v) is 9.06. The molecule has 16 nitrogen and oxygen atoms in total. The fraction of sp³-hybridized carbons (Fsp3) is 0.400. The maximum absolute atomic E-state index is 10.8. The maximum atomic E-state index is 10.8. The Labute approximate surface area is 219 Å². The van der Waals surface area contributed by atoms with Crippen molar-refractivity contribution in [3.8, 4) is 23.6 Å². The third-order valence-corrected chi connectivity index (χ3v) is 5.24. The minimum atomic E-state index is -4.77. The van der Waals surface area contributed by atoms with Gasteiger partial charge in [0, 0.05) is 24.7 Å². The summed E-state index contributed by atoms with van der Waals surface area (Å²) in [4.78, 5) is 6.25. The van der Waals surface area contributed by atoms with Crippen molar-refractivity contribution in [2.24, 2.45) is 0 Å². The molecule has 0 aliphatic rings. The van der Waals surface area contributed by atoms with Gasteiger partial charge in [0.25, 0.3) is 11.4 Å². The van der Waals surface area contributed by atoms with Crippen molar-refractivity contribution < 1.29 is 53.9 Å². The average Bonchev–Trinajstić information content (AvgIpc) is 2.85. The van der Waals surface area contributed by atoms with Crippen molar-refractivity contribution in [1.29, 1.82) is 10.5 Å². The summed E-state index contributed by atoms with van der Waals surface area (Å²) in [6, 6.07) is 5.64. The zero-order valence-electron chi connectivity index (χ0n) is 19.8. The summed E-state index contributed by atoms with van der Waals surface area (Å²) in [5, 5.41) is 18.6. The number of benzene rings is 1. The van der Waals surface area contributed by atoms with Gasteiger partial charge in [0.15, 0.2) is 0 Å². The van der Waals surface area contributed by atoms with E-state index in [4.69, 9.17) is 50.3 Å². The van der Waals surface area contributed by atoms with Crippen LogP contribution in [-0.2, 0) is 28.2 Å². The Hall–Kier alpha value is -3.50. The van der Waals surface area contributed by atoms with Gasteiger partial charge < -0.3 is 18.9 Å². The largest absolute Gasteiger partial charge is 0.492 e. The molecule has 38 heavy (non-hydrogen) atoms. The summed E-state index contributed by atoms with van der Waals surface area (Å²) >= 11 is -4.28. The lowest BCUT2D eigenvalue weighted by Crippen LogP contribution is -2.30. The Bertz CT molecular complexity index is 1350. The fourth-order valence-corrected chi connectivity index (χ4v) is 3.18. The van der Waals surface area contributed by atoms with E-state index >= 15 is 0 Å². The van der Waals surface area contributed by atoms with Crippen LogP contribution in [0.5, 0.6) is 11.5 Å². The Morgan fingerprint density at radius 1 is 0.842 bits per heavy atom. The third kappa shape index (κ3) is 10.9. The summed E-state index contributed by atoms with van der Waals surface area (Å²) in [5.74, 6) is -0.335. The number of nitrogens with zero attached hydrogens (tertiary/aromatic N) is 4. The number of nitriles is 2. The molecule has 0 amide bonds. The van der Waals surface area contributed by atoms with E-state index in [1.54, 1.807) is 12.1 Å². The molecule has 0 fully saturated rings. The normalized spacial score (nSPS) is 15.0. The van der Waals surface area contributed by atoms with Crippen LogP contribution in [-0.4, -0.2) is 79.5 Å². The molecular weight excluding hydrogens is 552 g/mol. The quantitative estimate of drug-likeness (QED) is 0.176. The van der Waals surface area contributed by atoms with Crippen LogP contribution in [0.15, 0.2) is 12.1 Å². The maximum Gasteiger partial charge on any atom is 0.397 e. The van der Waals surface area contributed by atoms with Gasteiger partial charge in [-0.05, 0) is 12.1 Å². The highest BCUT2D eigenvalue weighted by Gasteiger charge is 2.20. The standard InChI is InChI=1S/C20H22N4O12S2/c1-23-17(7-21)15-5-20(34-10-14(32-4)12-36-38(28,29)30)16(18(8-22)24-2)6-19(15)33-9-13(31-3)11-35-37(25,26)27/h5-6,13-14,25-27H,9-12H2,3-4H3,(H,28,29,30). The Morgan fingerprint density at radius 3 is 1.53 bits per heavy atom. The molecule has 0 bridgehead atoms. The molecule has 1 rings (SSSR count). The summed E-state index contributed by atoms with van der Waals surface area (Å²) in [5.41, 5.74) is -0.938. The summed E-state index contributed by atoms with van der Waals surface area (Å²) in [6.07, 6.45) is -2.03. The van der Waals surface area contributed by atoms with Crippen LogP contribution >= 0.6 is 11.2 Å². The van der Waals surface area contributed by atoms with Gasteiger partial charge in [-0.3, -0.25) is 22.4 Å². The van der Waals surface area contributed by atoms with Gasteiger partial charge in [0.1, 0.15) is 36.9 Å². The van der Waals surface area contributed by atoms with Crippen molar-refractivity contribution >= 4 is 32.9 Å². The van der Waals surface area contributed by atoms with E-state index in [9.17, 15) is 18.9 Å². The molecule has 0 saturated carbocycles. The van der Waals surface area contributed by atoms with Crippen LogP contribution in [0.3, 0.4) is 0 Å². The average molecular weight is 575 g/mol. The molecule has 4 N–H and O–H groups in total. The molecule has 0 spiro atoms. The first kappa shape index (κ1) is 32.5. The molecule has 206 valence electrons. The zero-order chi connectivity index (χ0) is 28.9. The first-order valence-corrected chi connectivity index (χ1v) is 12.7. The van der Waals surface area contributed by atoms with Gasteiger partial charge in [-0.1, -0.05) is 0 Å². The van der Waals surface area contributed by atoms with Gasteiger partial charge in [-0.2, -0.15) is 8.42 Å². The molecule has 1 aromatic rings. The number of methoxy groups -OCH3 is 2. The highest BCUT2D eigenvalue weighted by molar-refractivity contribution is 8.15. The van der Waals surface area contributed by atoms with Crippen LogP contribution in [0, 0.1) is 35.8 Å². The molecule has 2 atom stereocenters. The Balaban J connectivity index is 3.56. The highest BCUT2D eigenvalue weighted by Crippen LogP contribution is 2.33. The zero-order valence-corrected chi connectivity index (χ0v) is 21.4.